The maximum Gasteiger partial charge on any atom is 0.293 e. The van der Waals surface area contributed by atoms with Crippen molar-refractivity contribution in [1.29, 1.82) is 0 Å². The van der Waals surface area contributed by atoms with E-state index >= 15 is 0 Å². The number of nitrogens with one attached hydrogen (secondary N) is 1. The third kappa shape index (κ3) is 5.30. The number of nitrogens with zero attached hydrogens (tertiary/aromatic N) is 2. The summed E-state index contributed by atoms with van der Waals surface area (Å²) in [6.45, 7) is 4.44. The van der Waals surface area contributed by atoms with E-state index in [2.05, 4.69) is 5.32 Å². The number of hydrogen-bond donors (Lipinski definition) is 1. The van der Waals surface area contributed by atoms with Crippen LogP contribution in [0.2, 0.25) is 0 Å². The summed E-state index contributed by atoms with van der Waals surface area (Å²) in [6, 6.07) is -1.85. The monoisotopic (exact) mass is 395 g/mol. The van der Waals surface area contributed by atoms with Crippen molar-refractivity contribution < 1.29 is 28.7 Å². The van der Waals surface area contributed by atoms with Crippen LogP contribution in [0.3, 0.4) is 0 Å². The lowest BCUT2D eigenvalue weighted by molar-refractivity contribution is -0.150. The number of piperidine rings is 1. The molecule has 2 aliphatic rings. The van der Waals surface area contributed by atoms with Crippen LogP contribution in [-0.2, 0) is 28.7 Å². The van der Waals surface area contributed by atoms with Gasteiger partial charge in [-0.1, -0.05) is 0 Å². The zero-order chi connectivity index (χ0) is 20.7. The normalized spacial score (nSPS) is 24.2. The highest BCUT2D eigenvalue weighted by molar-refractivity contribution is 5.93. The molecule has 4 atom stereocenters. The third-order valence-electron chi connectivity index (χ3n) is 5.27. The second kappa shape index (κ2) is 10.2. The van der Waals surface area contributed by atoms with E-state index in [9.17, 15) is 24.0 Å². The minimum absolute atomic E-state index is 0.0171. The average molecular weight is 395 g/mol. The van der Waals surface area contributed by atoms with Gasteiger partial charge in [0.2, 0.25) is 17.7 Å². The van der Waals surface area contributed by atoms with Crippen LogP contribution < -0.4 is 5.32 Å². The molecule has 1 N–H and O–H groups in total. The van der Waals surface area contributed by atoms with Gasteiger partial charge in [-0.05, 0) is 46.0 Å². The SMILES string of the molecule is CC(C=O)NC(=O)C1CCCCN1C(=O)C1CCCN1C(=O)CC(C)OC=O. The third-order valence-corrected chi connectivity index (χ3v) is 5.27. The van der Waals surface area contributed by atoms with Gasteiger partial charge in [-0.15, -0.1) is 0 Å². The molecule has 0 aromatic rings. The van der Waals surface area contributed by atoms with E-state index in [4.69, 9.17) is 4.74 Å². The van der Waals surface area contributed by atoms with Crippen molar-refractivity contribution in [3.63, 3.8) is 0 Å². The number of ether oxygens (including phenoxy) is 1. The molecular weight excluding hydrogens is 366 g/mol. The minimum Gasteiger partial charge on any atom is -0.464 e. The molecule has 2 rings (SSSR count). The van der Waals surface area contributed by atoms with E-state index < -0.39 is 24.2 Å². The lowest BCUT2D eigenvalue weighted by Crippen LogP contribution is -2.57. The summed E-state index contributed by atoms with van der Waals surface area (Å²) in [4.78, 5) is 62.6. The van der Waals surface area contributed by atoms with Crippen LogP contribution in [-0.4, -0.2) is 77.6 Å². The summed E-state index contributed by atoms with van der Waals surface area (Å²) in [7, 11) is 0. The first kappa shape index (κ1) is 21.8. The molecule has 156 valence electrons. The fourth-order valence-corrected chi connectivity index (χ4v) is 3.84. The van der Waals surface area contributed by atoms with E-state index in [1.165, 1.54) is 4.90 Å². The number of likely N-dealkylation sites (tertiary alicyclic amines) is 2. The van der Waals surface area contributed by atoms with E-state index in [0.717, 1.165) is 12.8 Å². The molecule has 2 aliphatic heterocycles. The van der Waals surface area contributed by atoms with Gasteiger partial charge in [0.05, 0.1) is 12.5 Å². The molecule has 28 heavy (non-hydrogen) atoms. The first-order chi connectivity index (χ1) is 13.4. The molecule has 0 aromatic heterocycles. The molecule has 0 spiro atoms. The van der Waals surface area contributed by atoms with Gasteiger partial charge in [0.1, 0.15) is 24.5 Å². The van der Waals surface area contributed by atoms with Crippen LogP contribution in [0, 0.1) is 0 Å². The molecule has 0 aliphatic carbocycles. The second-order valence-electron chi connectivity index (χ2n) is 7.47. The smallest absolute Gasteiger partial charge is 0.293 e. The Bertz CT molecular complexity index is 610. The summed E-state index contributed by atoms with van der Waals surface area (Å²) in [6.07, 6.45) is 3.51. The number of carbonyl (C=O) groups is 5. The molecule has 4 unspecified atom stereocenters. The molecule has 0 bridgehead atoms. The summed E-state index contributed by atoms with van der Waals surface area (Å²) >= 11 is 0. The van der Waals surface area contributed by atoms with Crippen molar-refractivity contribution >= 4 is 30.5 Å². The highest BCUT2D eigenvalue weighted by Crippen LogP contribution is 2.25. The number of carbonyl (C=O) groups excluding carboxylic acids is 5. The van der Waals surface area contributed by atoms with Gasteiger partial charge in [0.15, 0.2) is 0 Å². The van der Waals surface area contributed by atoms with Crippen LogP contribution in [0.15, 0.2) is 0 Å². The lowest BCUT2D eigenvalue weighted by Gasteiger charge is -2.38. The molecule has 0 radical (unpaired) electrons. The number of hydrogen-bond acceptors (Lipinski definition) is 6. The van der Waals surface area contributed by atoms with Crippen LogP contribution >= 0.6 is 0 Å². The first-order valence-electron chi connectivity index (χ1n) is 9.83. The van der Waals surface area contributed by atoms with E-state index in [0.29, 0.717) is 45.1 Å². The maximum absolute atomic E-state index is 13.2. The summed E-state index contributed by atoms with van der Waals surface area (Å²) in [5.41, 5.74) is 0. The maximum atomic E-state index is 13.2. The van der Waals surface area contributed by atoms with Crippen molar-refractivity contribution in [1.82, 2.24) is 15.1 Å². The summed E-state index contributed by atoms with van der Waals surface area (Å²) in [5, 5.41) is 2.62. The Morgan fingerprint density at radius 3 is 2.39 bits per heavy atom. The standard InChI is InChI=1S/C19H29N3O6/c1-13(11-23)20-18(26)15-6-3-4-8-22(15)19(27)16-7-5-9-21(16)17(25)10-14(2)28-12-24/h11-16H,3-10H2,1-2H3,(H,20,26). The van der Waals surface area contributed by atoms with Crippen molar-refractivity contribution in [2.75, 3.05) is 13.1 Å². The zero-order valence-electron chi connectivity index (χ0n) is 16.5. The zero-order valence-corrected chi connectivity index (χ0v) is 16.5. The largest absolute Gasteiger partial charge is 0.464 e. The molecule has 2 fully saturated rings. The van der Waals surface area contributed by atoms with Crippen molar-refractivity contribution in [3.8, 4) is 0 Å². The average Bonchev–Trinajstić information content (AvgIpc) is 3.17. The van der Waals surface area contributed by atoms with E-state index in [-0.39, 0.29) is 24.1 Å². The Morgan fingerprint density at radius 2 is 1.71 bits per heavy atom. The quantitative estimate of drug-likeness (QED) is 0.580. The minimum atomic E-state index is -0.626. The van der Waals surface area contributed by atoms with Crippen molar-refractivity contribution in [2.24, 2.45) is 0 Å². The van der Waals surface area contributed by atoms with Gasteiger partial charge < -0.3 is 24.6 Å². The Labute approximate surface area is 164 Å². The number of aldehydes is 1. The molecule has 0 aromatic carbocycles. The Hall–Kier alpha value is -2.45. The van der Waals surface area contributed by atoms with E-state index in [1.54, 1.807) is 18.7 Å². The highest BCUT2D eigenvalue weighted by Gasteiger charge is 2.41. The molecule has 2 heterocycles. The molecule has 2 saturated heterocycles. The van der Waals surface area contributed by atoms with Crippen LogP contribution in [0.1, 0.15) is 52.4 Å². The van der Waals surface area contributed by atoms with Crippen LogP contribution in [0.5, 0.6) is 0 Å². The van der Waals surface area contributed by atoms with Gasteiger partial charge in [-0.2, -0.15) is 0 Å². The fraction of sp³-hybridized carbons (Fsp3) is 0.737. The summed E-state index contributed by atoms with van der Waals surface area (Å²) in [5.74, 6) is -0.803. The molecule has 9 heteroatoms. The predicted octanol–water partition coefficient (Wildman–Crippen LogP) is 0.0137. The Morgan fingerprint density at radius 1 is 1.04 bits per heavy atom. The second-order valence-corrected chi connectivity index (χ2v) is 7.47. The van der Waals surface area contributed by atoms with Crippen molar-refractivity contribution in [2.45, 2.75) is 76.6 Å². The Kier molecular flexibility index (Phi) is 7.95. The van der Waals surface area contributed by atoms with E-state index in [1.807, 2.05) is 0 Å². The van der Waals surface area contributed by atoms with Gasteiger partial charge >= 0.3 is 0 Å². The van der Waals surface area contributed by atoms with Gasteiger partial charge in [0.25, 0.3) is 6.47 Å². The van der Waals surface area contributed by atoms with Crippen LogP contribution in [0.4, 0.5) is 0 Å². The summed E-state index contributed by atoms with van der Waals surface area (Å²) < 4.78 is 4.78. The predicted molar refractivity (Wildman–Crippen MR) is 99.0 cm³/mol. The lowest BCUT2D eigenvalue weighted by atomic mass is 9.99. The molecular formula is C19H29N3O6. The van der Waals surface area contributed by atoms with Gasteiger partial charge in [0, 0.05) is 13.1 Å². The molecule has 9 nitrogen and oxygen atoms in total. The molecule has 0 saturated carbocycles. The van der Waals surface area contributed by atoms with Crippen LogP contribution in [0.25, 0.3) is 0 Å². The number of rotatable bonds is 8. The first-order valence-corrected chi connectivity index (χ1v) is 9.83. The fourth-order valence-electron chi connectivity index (χ4n) is 3.84. The van der Waals surface area contributed by atoms with Gasteiger partial charge in [-0.25, -0.2) is 0 Å². The topological polar surface area (TPSA) is 113 Å². The number of amides is 3. The molecule has 3 amide bonds. The Balaban J connectivity index is 2.08. The van der Waals surface area contributed by atoms with Crippen molar-refractivity contribution in [3.05, 3.63) is 0 Å². The van der Waals surface area contributed by atoms with Gasteiger partial charge in [-0.3, -0.25) is 19.2 Å². The highest BCUT2D eigenvalue weighted by atomic mass is 16.5.